The molecule has 8 heteroatoms. The van der Waals surface area contributed by atoms with Crippen molar-refractivity contribution in [3.63, 3.8) is 0 Å². The number of nitrogens with zero attached hydrogens (tertiary/aromatic N) is 1. The quantitative estimate of drug-likeness (QED) is 0.351. The van der Waals surface area contributed by atoms with Gasteiger partial charge in [0.1, 0.15) is 24.3 Å². The van der Waals surface area contributed by atoms with Crippen LogP contribution in [-0.4, -0.2) is 48.3 Å². The van der Waals surface area contributed by atoms with Crippen molar-refractivity contribution in [2.45, 2.75) is 32.4 Å². The van der Waals surface area contributed by atoms with Gasteiger partial charge in [0.2, 0.25) is 5.91 Å². The molecule has 1 N–H and O–H groups in total. The molecule has 0 radical (unpaired) electrons. The predicted molar refractivity (Wildman–Crippen MR) is 120 cm³/mol. The minimum Gasteiger partial charge on any atom is -0.461 e. The molecule has 2 aromatic rings. The van der Waals surface area contributed by atoms with Gasteiger partial charge in [-0.15, -0.1) is 0 Å². The highest BCUT2D eigenvalue weighted by Crippen LogP contribution is 2.21. The lowest BCUT2D eigenvalue weighted by Crippen LogP contribution is -2.47. The molecule has 0 aliphatic rings. The summed E-state index contributed by atoms with van der Waals surface area (Å²) in [6, 6.07) is 9.86. The Kier molecular flexibility index (Phi) is 8.99. The number of likely N-dealkylation sites (N-methyl/N-ethyl adjacent to an activating group) is 1. The summed E-state index contributed by atoms with van der Waals surface area (Å²) in [6.07, 6.45) is 2.05. The summed E-state index contributed by atoms with van der Waals surface area (Å²) in [7, 11) is 1.69. The fourth-order valence-electron chi connectivity index (χ4n) is 3.01. The van der Waals surface area contributed by atoms with Gasteiger partial charge in [0.15, 0.2) is 5.78 Å². The number of allylic oxidation sites excluding steroid dienone is 1. The summed E-state index contributed by atoms with van der Waals surface area (Å²) in [5.74, 6) is -2.33. The molecule has 0 spiro atoms. The Balaban J connectivity index is 1.96. The van der Waals surface area contributed by atoms with Gasteiger partial charge in [-0.1, -0.05) is 12.1 Å². The number of ether oxygens (including phenoxy) is 1. The zero-order chi connectivity index (χ0) is 24.6. The Morgan fingerprint density at radius 3 is 2.06 bits per heavy atom. The number of nitrogens with one attached hydrogen (secondary N) is 1. The second-order valence-corrected chi connectivity index (χ2v) is 8.55. The van der Waals surface area contributed by atoms with Crippen molar-refractivity contribution >= 4 is 17.7 Å². The normalized spacial score (nSPS) is 12.6. The standard InChI is InChI=1S/C25H28F2N2O4/c1-25(2,3)28-24(32)23(18-7-11-20(27)12-8-18)29(4)15-16-33-22(31)14-13-21(30)17-5-9-19(26)10-6-17/h5-14,23H,15-16H2,1-4H3,(H,28,32)/b14-13+. The lowest BCUT2D eigenvalue weighted by molar-refractivity contribution is -0.138. The molecule has 176 valence electrons. The molecule has 1 atom stereocenters. The molecule has 2 aromatic carbocycles. The number of carbonyl (C=O) groups is 3. The largest absolute Gasteiger partial charge is 0.461 e. The van der Waals surface area contributed by atoms with Crippen LogP contribution in [0.2, 0.25) is 0 Å². The summed E-state index contributed by atoms with van der Waals surface area (Å²) >= 11 is 0. The van der Waals surface area contributed by atoms with E-state index in [1.165, 1.54) is 36.4 Å². The van der Waals surface area contributed by atoms with Crippen LogP contribution in [0.5, 0.6) is 0 Å². The highest BCUT2D eigenvalue weighted by Gasteiger charge is 2.28. The molecule has 0 heterocycles. The second kappa shape index (κ2) is 11.5. The summed E-state index contributed by atoms with van der Waals surface area (Å²) < 4.78 is 31.4. The van der Waals surface area contributed by atoms with Gasteiger partial charge in [0.05, 0.1) is 0 Å². The number of hydrogen-bond donors (Lipinski definition) is 1. The first-order valence-electron chi connectivity index (χ1n) is 10.4. The van der Waals surface area contributed by atoms with Crippen LogP contribution in [0.3, 0.4) is 0 Å². The van der Waals surface area contributed by atoms with Crippen LogP contribution in [-0.2, 0) is 14.3 Å². The fourth-order valence-corrected chi connectivity index (χ4v) is 3.01. The third-order valence-electron chi connectivity index (χ3n) is 4.56. The molecular formula is C25H28F2N2O4. The van der Waals surface area contributed by atoms with Gasteiger partial charge in [-0.25, -0.2) is 13.6 Å². The lowest BCUT2D eigenvalue weighted by Gasteiger charge is -2.31. The smallest absolute Gasteiger partial charge is 0.330 e. The van der Waals surface area contributed by atoms with Gasteiger partial charge < -0.3 is 10.1 Å². The lowest BCUT2D eigenvalue weighted by atomic mass is 10.0. The van der Waals surface area contributed by atoms with E-state index in [0.29, 0.717) is 5.56 Å². The number of amides is 1. The third kappa shape index (κ3) is 8.57. The molecule has 0 bridgehead atoms. The Bertz CT molecular complexity index is 997. The Labute approximate surface area is 192 Å². The average Bonchev–Trinajstić information content (AvgIpc) is 2.73. The number of carbonyl (C=O) groups excluding carboxylic acids is 3. The molecular weight excluding hydrogens is 430 g/mol. The van der Waals surface area contributed by atoms with Gasteiger partial charge in [0.25, 0.3) is 0 Å². The summed E-state index contributed by atoms with van der Waals surface area (Å²) in [6.45, 7) is 5.74. The number of ketones is 1. The minimum absolute atomic E-state index is 0.0368. The van der Waals surface area contributed by atoms with Crippen molar-refractivity contribution < 1.29 is 27.9 Å². The van der Waals surface area contributed by atoms with Gasteiger partial charge in [-0.3, -0.25) is 14.5 Å². The molecule has 2 rings (SSSR count). The Morgan fingerprint density at radius 1 is 0.970 bits per heavy atom. The second-order valence-electron chi connectivity index (χ2n) is 8.55. The molecule has 0 aliphatic heterocycles. The van der Waals surface area contributed by atoms with Crippen molar-refractivity contribution in [1.82, 2.24) is 10.2 Å². The number of hydrogen-bond acceptors (Lipinski definition) is 5. The first-order chi connectivity index (χ1) is 15.5. The van der Waals surface area contributed by atoms with E-state index >= 15 is 0 Å². The summed E-state index contributed by atoms with van der Waals surface area (Å²) in [5, 5.41) is 2.91. The number of esters is 1. The number of benzene rings is 2. The molecule has 0 aromatic heterocycles. The highest BCUT2D eigenvalue weighted by atomic mass is 19.1. The molecule has 0 saturated heterocycles. The highest BCUT2D eigenvalue weighted by molar-refractivity contribution is 6.06. The predicted octanol–water partition coefficient (Wildman–Crippen LogP) is 3.83. The molecule has 0 fully saturated rings. The van der Waals surface area contributed by atoms with E-state index in [-0.39, 0.29) is 24.6 Å². The van der Waals surface area contributed by atoms with E-state index in [2.05, 4.69) is 5.32 Å². The van der Waals surface area contributed by atoms with Gasteiger partial charge in [-0.2, -0.15) is 0 Å². The van der Waals surface area contributed by atoms with Crippen LogP contribution >= 0.6 is 0 Å². The van der Waals surface area contributed by atoms with Crippen LogP contribution < -0.4 is 5.32 Å². The monoisotopic (exact) mass is 458 g/mol. The van der Waals surface area contributed by atoms with Crippen molar-refractivity contribution in [2.75, 3.05) is 20.2 Å². The molecule has 6 nitrogen and oxygen atoms in total. The molecule has 1 amide bonds. The summed E-state index contributed by atoms with van der Waals surface area (Å²) in [5.41, 5.74) is 0.369. The van der Waals surface area contributed by atoms with Crippen molar-refractivity contribution in [2.24, 2.45) is 0 Å². The average molecular weight is 459 g/mol. The van der Waals surface area contributed by atoms with E-state index in [4.69, 9.17) is 4.74 Å². The third-order valence-corrected chi connectivity index (χ3v) is 4.56. The molecule has 1 unspecified atom stereocenters. The van der Waals surface area contributed by atoms with E-state index in [1.807, 2.05) is 20.8 Å². The zero-order valence-corrected chi connectivity index (χ0v) is 19.1. The molecule has 33 heavy (non-hydrogen) atoms. The SMILES string of the molecule is CN(CCOC(=O)/C=C/C(=O)c1ccc(F)cc1)C(C(=O)NC(C)(C)C)c1ccc(F)cc1. The minimum atomic E-state index is -0.726. The Hall–Kier alpha value is -3.39. The molecule has 0 aliphatic carbocycles. The van der Waals surface area contributed by atoms with E-state index < -0.39 is 35.0 Å². The van der Waals surface area contributed by atoms with Crippen molar-refractivity contribution in [3.8, 4) is 0 Å². The molecule has 0 saturated carbocycles. The van der Waals surface area contributed by atoms with E-state index in [9.17, 15) is 23.2 Å². The van der Waals surface area contributed by atoms with Crippen LogP contribution in [0.15, 0.2) is 60.7 Å². The van der Waals surface area contributed by atoms with Crippen LogP contribution in [0.1, 0.15) is 42.7 Å². The number of halogens is 2. The van der Waals surface area contributed by atoms with Gasteiger partial charge in [-0.05, 0) is 75.9 Å². The van der Waals surface area contributed by atoms with Crippen LogP contribution in [0.4, 0.5) is 8.78 Å². The van der Waals surface area contributed by atoms with Crippen molar-refractivity contribution in [1.29, 1.82) is 0 Å². The first kappa shape index (κ1) is 25.9. The maximum atomic E-state index is 13.4. The topological polar surface area (TPSA) is 75.7 Å². The number of rotatable bonds is 9. The zero-order valence-electron chi connectivity index (χ0n) is 19.1. The van der Waals surface area contributed by atoms with E-state index in [1.54, 1.807) is 11.9 Å². The maximum Gasteiger partial charge on any atom is 0.330 e. The Morgan fingerprint density at radius 2 is 1.52 bits per heavy atom. The van der Waals surface area contributed by atoms with Crippen LogP contribution in [0, 0.1) is 11.6 Å². The fraction of sp³-hybridized carbons (Fsp3) is 0.320. The van der Waals surface area contributed by atoms with Gasteiger partial charge in [0, 0.05) is 23.7 Å². The summed E-state index contributed by atoms with van der Waals surface area (Å²) in [4.78, 5) is 38.5. The maximum absolute atomic E-state index is 13.4. The van der Waals surface area contributed by atoms with E-state index in [0.717, 1.165) is 24.3 Å². The van der Waals surface area contributed by atoms with Gasteiger partial charge >= 0.3 is 5.97 Å². The van der Waals surface area contributed by atoms with Crippen LogP contribution in [0.25, 0.3) is 0 Å². The van der Waals surface area contributed by atoms with Crippen molar-refractivity contribution in [3.05, 3.63) is 83.4 Å². The first-order valence-corrected chi connectivity index (χ1v) is 10.4.